The first-order valence-electron chi connectivity index (χ1n) is 8.42. The van der Waals surface area contributed by atoms with E-state index in [0.717, 1.165) is 12.1 Å². The van der Waals surface area contributed by atoms with Crippen LogP contribution in [0.15, 0.2) is 30.3 Å². The van der Waals surface area contributed by atoms with Crippen molar-refractivity contribution < 1.29 is 4.79 Å². The van der Waals surface area contributed by atoms with E-state index in [1.54, 1.807) is 0 Å². The third kappa shape index (κ3) is 3.58. The summed E-state index contributed by atoms with van der Waals surface area (Å²) in [6.45, 7) is 9.65. The van der Waals surface area contributed by atoms with Gasteiger partial charge in [-0.2, -0.15) is 5.10 Å². The van der Waals surface area contributed by atoms with E-state index in [1.165, 1.54) is 16.7 Å². The van der Waals surface area contributed by atoms with Gasteiger partial charge in [-0.3, -0.25) is 9.89 Å². The number of carbonyl (C=O) groups excluding carboxylic acids is 1. The lowest BCUT2D eigenvalue weighted by atomic mass is 9.95. The molecule has 126 valence electrons. The summed E-state index contributed by atoms with van der Waals surface area (Å²) in [5, 5.41) is 6.95. The minimum absolute atomic E-state index is 0.00473. The van der Waals surface area contributed by atoms with Crippen LogP contribution in [0.4, 0.5) is 0 Å². The van der Waals surface area contributed by atoms with Crippen LogP contribution in [-0.4, -0.2) is 27.5 Å². The van der Waals surface area contributed by atoms with Gasteiger partial charge >= 0.3 is 0 Å². The Balaban J connectivity index is 1.90. The van der Waals surface area contributed by atoms with Gasteiger partial charge in [-0.05, 0) is 41.5 Å². The highest BCUT2D eigenvalue weighted by Crippen LogP contribution is 2.26. The van der Waals surface area contributed by atoms with E-state index in [-0.39, 0.29) is 11.3 Å². The number of allylic oxidation sites excluding steroid dienone is 1. The summed E-state index contributed by atoms with van der Waals surface area (Å²) in [4.78, 5) is 14.9. The molecule has 0 saturated carbocycles. The molecule has 0 unspecified atom stereocenters. The molecule has 1 aliphatic rings. The quantitative estimate of drug-likeness (QED) is 0.925. The lowest BCUT2D eigenvalue weighted by Crippen LogP contribution is -2.37. The van der Waals surface area contributed by atoms with Crippen molar-refractivity contribution >= 4 is 12.0 Å². The summed E-state index contributed by atoms with van der Waals surface area (Å²) >= 11 is 0. The normalized spacial score (nSPS) is 13.2. The molecule has 4 heteroatoms. The number of amides is 1. The number of hydrogen-bond acceptors (Lipinski definition) is 2. The van der Waals surface area contributed by atoms with Crippen molar-refractivity contribution in [3.05, 3.63) is 58.4 Å². The zero-order valence-corrected chi connectivity index (χ0v) is 14.9. The molecule has 4 nitrogen and oxygen atoms in total. The number of aromatic amines is 1. The zero-order valence-electron chi connectivity index (χ0n) is 14.9. The van der Waals surface area contributed by atoms with Crippen LogP contribution >= 0.6 is 0 Å². The van der Waals surface area contributed by atoms with Gasteiger partial charge in [0, 0.05) is 13.1 Å². The molecule has 1 heterocycles. The SMILES string of the molecule is Cc1cc(C(=O)N(Cc2cccc3c2C=CC3)CC(C)(C)C)[nH]n1. The predicted molar refractivity (Wildman–Crippen MR) is 96.7 cm³/mol. The van der Waals surface area contributed by atoms with Crippen molar-refractivity contribution in [1.82, 2.24) is 15.1 Å². The number of carbonyl (C=O) groups is 1. The molecule has 0 bridgehead atoms. The average Bonchev–Trinajstić information content (AvgIpc) is 3.13. The molecule has 24 heavy (non-hydrogen) atoms. The average molecular weight is 323 g/mol. The Morgan fingerprint density at radius 3 is 2.79 bits per heavy atom. The number of hydrogen-bond donors (Lipinski definition) is 1. The Morgan fingerprint density at radius 2 is 2.12 bits per heavy atom. The third-order valence-corrected chi connectivity index (χ3v) is 4.16. The van der Waals surface area contributed by atoms with Gasteiger partial charge in [0.2, 0.25) is 0 Å². The molecule has 0 spiro atoms. The summed E-state index contributed by atoms with van der Waals surface area (Å²) < 4.78 is 0. The summed E-state index contributed by atoms with van der Waals surface area (Å²) in [5.41, 5.74) is 5.23. The second-order valence-electron chi connectivity index (χ2n) is 7.74. The highest BCUT2D eigenvalue weighted by Gasteiger charge is 2.24. The molecule has 3 rings (SSSR count). The van der Waals surface area contributed by atoms with E-state index in [0.29, 0.717) is 18.8 Å². The van der Waals surface area contributed by atoms with Gasteiger partial charge in [0.15, 0.2) is 0 Å². The first-order valence-corrected chi connectivity index (χ1v) is 8.42. The van der Waals surface area contributed by atoms with Crippen LogP contribution in [0.1, 0.15) is 53.6 Å². The van der Waals surface area contributed by atoms with E-state index in [9.17, 15) is 4.79 Å². The lowest BCUT2D eigenvalue weighted by molar-refractivity contribution is 0.0673. The molecule has 0 fully saturated rings. The van der Waals surface area contributed by atoms with Crippen LogP contribution in [0.5, 0.6) is 0 Å². The van der Waals surface area contributed by atoms with Crippen LogP contribution in [0, 0.1) is 12.3 Å². The Labute approximate surface area is 143 Å². The van der Waals surface area contributed by atoms with Gasteiger partial charge in [0.1, 0.15) is 5.69 Å². The molecular formula is C20H25N3O. The highest BCUT2D eigenvalue weighted by molar-refractivity contribution is 5.92. The third-order valence-electron chi connectivity index (χ3n) is 4.16. The number of benzene rings is 1. The van der Waals surface area contributed by atoms with E-state index in [2.05, 4.69) is 61.3 Å². The largest absolute Gasteiger partial charge is 0.332 e. The number of nitrogens with zero attached hydrogens (tertiary/aromatic N) is 2. The van der Waals surface area contributed by atoms with Crippen molar-refractivity contribution in [3.63, 3.8) is 0 Å². The number of nitrogens with one attached hydrogen (secondary N) is 1. The molecule has 1 aromatic carbocycles. The maximum atomic E-state index is 13.0. The molecule has 1 aromatic heterocycles. The highest BCUT2D eigenvalue weighted by atomic mass is 16.2. The van der Waals surface area contributed by atoms with Crippen LogP contribution < -0.4 is 0 Å². The molecule has 0 saturated heterocycles. The van der Waals surface area contributed by atoms with Gasteiger partial charge in [-0.15, -0.1) is 0 Å². The smallest absolute Gasteiger partial charge is 0.272 e. The Bertz CT molecular complexity index is 780. The second kappa shape index (κ2) is 6.27. The fourth-order valence-electron chi connectivity index (χ4n) is 3.18. The number of fused-ring (bicyclic) bond motifs is 1. The predicted octanol–water partition coefficient (Wildman–Crippen LogP) is 3.98. The Hall–Kier alpha value is -2.36. The van der Waals surface area contributed by atoms with Gasteiger partial charge in [0.05, 0.1) is 5.69 Å². The van der Waals surface area contributed by atoms with Crippen molar-refractivity contribution in [1.29, 1.82) is 0 Å². The number of H-pyrrole nitrogens is 1. The molecule has 0 radical (unpaired) electrons. The van der Waals surface area contributed by atoms with Gasteiger partial charge in [-0.25, -0.2) is 0 Å². The fourth-order valence-corrected chi connectivity index (χ4v) is 3.18. The fraction of sp³-hybridized carbons (Fsp3) is 0.400. The number of aryl methyl sites for hydroxylation is 1. The van der Waals surface area contributed by atoms with Crippen LogP contribution in [0.2, 0.25) is 0 Å². The molecule has 1 N–H and O–H groups in total. The standard InChI is InChI=1S/C20H25N3O/c1-14-11-18(22-21-14)19(24)23(13-20(2,3)4)12-16-9-5-7-15-8-6-10-17(15)16/h5-7,9-11H,8,12-13H2,1-4H3,(H,21,22). The maximum absolute atomic E-state index is 13.0. The molecular weight excluding hydrogens is 298 g/mol. The number of aromatic nitrogens is 2. The Morgan fingerprint density at radius 1 is 1.33 bits per heavy atom. The monoisotopic (exact) mass is 323 g/mol. The van der Waals surface area contributed by atoms with Crippen molar-refractivity contribution in [2.45, 2.75) is 40.7 Å². The molecule has 1 amide bonds. The Kier molecular flexibility index (Phi) is 4.31. The summed E-state index contributed by atoms with van der Waals surface area (Å²) in [6.07, 6.45) is 5.34. The minimum atomic E-state index is 0.00473. The summed E-state index contributed by atoms with van der Waals surface area (Å²) in [6, 6.07) is 8.18. The van der Waals surface area contributed by atoms with Gasteiger partial charge in [0.25, 0.3) is 5.91 Å². The summed E-state index contributed by atoms with van der Waals surface area (Å²) in [7, 11) is 0. The van der Waals surface area contributed by atoms with E-state index >= 15 is 0 Å². The van der Waals surface area contributed by atoms with Crippen LogP contribution in [-0.2, 0) is 13.0 Å². The van der Waals surface area contributed by atoms with Crippen molar-refractivity contribution in [3.8, 4) is 0 Å². The maximum Gasteiger partial charge on any atom is 0.272 e. The molecule has 0 atom stereocenters. The van der Waals surface area contributed by atoms with Crippen LogP contribution in [0.25, 0.3) is 6.08 Å². The minimum Gasteiger partial charge on any atom is -0.332 e. The van der Waals surface area contributed by atoms with E-state index in [1.807, 2.05) is 17.9 Å². The molecule has 2 aromatic rings. The molecule has 1 aliphatic carbocycles. The first kappa shape index (κ1) is 16.5. The lowest BCUT2D eigenvalue weighted by Gasteiger charge is -2.30. The van der Waals surface area contributed by atoms with Gasteiger partial charge in [-0.1, -0.05) is 51.1 Å². The van der Waals surface area contributed by atoms with Crippen molar-refractivity contribution in [2.75, 3.05) is 6.54 Å². The van der Waals surface area contributed by atoms with Crippen LogP contribution in [0.3, 0.4) is 0 Å². The molecule has 0 aliphatic heterocycles. The van der Waals surface area contributed by atoms with E-state index in [4.69, 9.17) is 0 Å². The summed E-state index contributed by atoms with van der Waals surface area (Å²) in [5.74, 6) is 0.00473. The van der Waals surface area contributed by atoms with Crippen molar-refractivity contribution in [2.24, 2.45) is 5.41 Å². The topological polar surface area (TPSA) is 49.0 Å². The first-order chi connectivity index (χ1) is 11.3. The second-order valence-corrected chi connectivity index (χ2v) is 7.74. The van der Waals surface area contributed by atoms with Gasteiger partial charge < -0.3 is 4.90 Å². The van der Waals surface area contributed by atoms with E-state index < -0.39 is 0 Å². The number of rotatable bonds is 4. The zero-order chi connectivity index (χ0) is 17.3.